The zero-order valence-corrected chi connectivity index (χ0v) is 19.3. The van der Waals surface area contributed by atoms with E-state index in [-0.39, 0.29) is 0 Å². The smallest absolute Gasteiger partial charge is 0.247 e. The minimum absolute atomic E-state index is 0.449. The second kappa shape index (κ2) is 9.73. The molecule has 6 nitrogen and oxygen atoms in total. The molecule has 0 atom stereocenters. The molecule has 1 aliphatic heterocycles. The third-order valence-corrected chi connectivity index (χ3v) is 6.23. The van der Waals surface area contributed by atoms with Crippen LogP contribution in [0, 0.1) is 6.92 Å². The highest BCUT2D eigenvalue weighted by atomic mass is 35.5. The minimum Gasteiger partial charge on any atom is -0.492 e. The summed E-state index contributed by atoms with van der Waals surface area (Å²) in [6, 6.07) is 19.7. The van der Waals surface area contributed by atoms with Crippen molar-refractivity contribution in [1.29, 1.82) is 0 Å². The Morgan fingerprint density at radius 2 is 1.85 bits per heavy atom. The van der Waals surface area contributed by atoms with Gasteiger partial charge in [-0.3, -0.25) is 4.90 Å². The normalized spacial score (nSPS) is 14.0. The lowest BCUT2D eigenvalue weighted by Crippen LogP contribution is -2.25. The van der Waals surface area contributed by atoms with E-state index in [9.17, 15) is 0 Å². The zero-order chi connectivity index (χ0) is 22.6. The Bertz CT molecular complexity index is 1270. The fraction of sp³-hybridized carbons (Fsp3) is 0.269. The topological polar surface area (TPSA) is 63.2 Å². The number of hydrogen-bond donors (Lipinski definition) is 1. The second-order valence-electron chi connectivity index (χ2n) is 8.33. The van der Waals surface area contributed by atoms with Gasteiger partial charge in [0.1, 0.15) is 17.9 Å². The molecule has 168 valence electrons. The Balaban J connectivity index is 1.31. The average molecular weight is 460 g/mol. The molecule has 0 bridgehead atoms. The summed E-state index contributed by atoms with van der Waals surface area (Å²) in [7, 11) is 0. The third-order valence-electron chi connectivity index (χ3n) is 5.90. The molecule has 1 fully saturated rings. The maximum absolute atomic E-state index is 6.38. The van der Waals surface area contributed by atoms with E-state index in [0.717, 1.165) is 45.7 Å². The Labute approximate surface area is 198 Å². The van der Waals surface area contributed by atoms with E-state index in [4.69, 9.17) is 21.3 Å². The highest BCUT2D eigenvalue weighted by Crippen LogP contribution is 2.31. The van der Waals surface area contributed by atoms with Gasteiger partial charge in [0.25, 0.3) is 0 Å². The summed E-state index contributed by atoms with van der Waals surface area (Å²) in [5.41, 5.74) is 5.38. The first kappa shape index (κ1) is 21.6. The Kier molecular flexibility index (Phi) is 6.37. The van der Waals surface area contributed by atoms with Crippen molar-refractivity contribution in [2.75, 3.05) is 31.6 Å². The van der Waals surface area contributed by atoms with Gasteiger partial charge in [-0.1, -0.05) is 35.9 Å². The van der Waals surface area contributed by atoms with Crippen molar-refractivity contribution in [2.45, 2.75) is 19.8 Å². The molecule has 7 heteroatoms. The van der Waals surface area contributed by atoms with Gasteiger partial charge in [0, 0.05) is 28.9 Å². The summed E-state index contributed by atoms with van der Waals surface area (Å²) in [4.78, 5) is 7.15. The number of halogens is 1. The molecule has 0 saturated carbocycles. The first-order valence-corrected chi connectivity index (χ1v) is 11.7. The van der Waals surface area contributed by atoms with Crippen LogP contribution in [0.15, 0.2) is 60.7 Å². The molecule has 4 aromatic rings. The molecule has 2 heterocycles. The third kappa shape index (κ3) is 5.07. The van der Waals surface area contributed by atoms with Crippen LogP contribution < -0.4 is 10.1 Å². The van der Waals surface area contributed by atoms with Crippen LogP contribution in [0.5, 0.6) is 5.75 Å². The largest absolute Gasteiger partial charge is 0.492 e. The number of anilines is 2. The van der Waals surface area contributed by atoms with Gasteiger partial charge in [0.15, 0.2) is 0 Å². The van der Waals surface area contributed by atoms with E-state index < -0.39 is 0 Å². The lowest BCUT2D eigenvalue weighted by Gasteiger charge is -2.15. The van der Waals surface area contributed by atoms with Gasteiger partial charge >= 0.3 is 0 Å². The van der Waals surface area contributed by atoms with Gasteiger partial charge < -0.3 is 10.1 Å². The summed E-state index contributed by atoms with van der Waals surface area (Å²) in [6.07, 6.45) is 2.58. The number of nitrogens with one attached hydrogen (secondary N) is 1. The molecule has 33 heavy (non-hydrogen) atoms. The van der Waals surface area contributed by atoms with Crippen molar-refractivity contribution in [3.8, 4) is 16.9 Å². The van der Waals surface area contributed by atoms with Gasteiger partial charge in [-0.15, -0.1) is 10.2 Å². The van der Waals surface area contributed by atoms with Crippen LogP contribution in [-0.4, -0.2) is 46.3 Å². The summed E-state index contributed by atoms with van der Waals surface area (Å²) >= 11 is 6.38. The number of ether oxygens (including phenoxy) is 1. The first-order chi connectivity index (χ1) is 16.2. The van der Waals surface area contributed by atoms with Gasteiger partial charge in [0.05, 0.1) is 5.52 Å². The monoisotopic (exact) mass is 459 g/mol. The predicted molar refractivity (Wildman–Crippen MR) is 133 cm³/mol. The van der Waals surface area contributed by atoms with Crippen LogP contribution >= 0.6 is 11.6 Å². The van der Waals surface area contributed by atoms with Crippen LogP contribution in [0.1, 0.15) is 18.4 Å². The summed E-state index contributed by atoms with van der Waals surface area (Å²) in [5, 5.41) is 12.7. The molecule has 1 aliphatic rings. The maximum atomic E-state index is 6.38. The second-order valence-corrected chi connectivity index (χ2v) is 8.73. The van der Waals surface area contributed by atoms with Gasteiger partial charge in [0.2, 0.25) is 5.95 Å². The number of nitrogens with zero attached hydrogens (tertiary/aromatic N) is 4. The van der Waals surface area contributed by atoms with E-state index in [1.54, 1.807) is 0 Å². The van der Waals surface area contributed by atoms with Gasteiger partial charge in [-0.25, -0.2) is 4.98 Å². The number of hydrogen-bond acceptors (Lipinski definition) is 6. The SMILES string of the molecule is Cc1cc(-c2ccccc2Cl)cc2nnc(Nc3cccc(OCCN4CCCC4)c3)nc12. The number of rotatable bonds is 7. The van der Waals surface area contributed by atoms with Crippen molar-refractivity contribution in [1.82, 2.24) is 20.1 Å². The number of likely N-dealkylation sites (tertiary alicyclic amines) is 1. The molecule has 5 rings (SSSR count). The molecule has 1 saturated heterocycles. The van der Waals surface area contributed by atoms with E-state index in [2.05, 4.69) is 26.5 Å². The minimum atomic E-state index is 0.449. The summed E-state index contributed by atoms with van der Waals surface area (Å²) < 4.78 is 5.95. The molecular weight excluding hydrogens is 434 g/mol. The standard InChI is InChI=1S/C26H26ClN5O/c1-18-15-19(22-9-2-3-10-23(22)27)16-24-25(18)29-26(31-30-24)28-20-7-6-8-21(17-20)33-14-13-32-11-4-5-12-32/h2-3,6-10,15-17H,4-5,11-14H2,1H3,(H,28,29,31). The zero-order valence-electron chi connectivity index (χ0n) is 18.6. The Hall–Kier alpha value is -3.22. The van der Waals surface area contributed by atoms with Crippen LogP contribution in [0.25, 0.3) is 22.2 Å². The lowest BCUT2D eigenvalue weighted by molar-refractivity contribution is 0.238. The van der Waals surface area contributed by atoms with Crippen LogP contribution in [0.4, 0.5) is 11.6 Å². The van der Waals surface area contributed by atoms with E-state index in [0.29, 0.717) is 17.6 Å². The molecule has 0 unspecified atom stereocenters. The quantitative estimate of drug-likeness (QED) is 0.372. The van der Waals surface area contributed by atoms with Crippen LogP contribution in [0.2, 0.25) is 5.02 Å². The van der Waals surface area contributed by atoms with Gasteiger partial charge in [-0.05, 0) is 74.3 Å². The van der Waals surface area contributed by atoms with E-state index in [1.165, 1.54) is 25.9 Å². The van der Waals surface area contributed by atoms with E-state index >= 15 is 0 Å². The maximum Gasteiger partial charge on any atom is 0.247 e. The predicted octanol–water partition coefficient (Wildman–Crippen LogP) is 5.87. The van der Waals surface area contributed by atoms with Crippen molar-refractivity contribution in [2.24, 2.45) is 0 Å². The number of benzene rings is 3. The van der Waals surface area contributed by atoms with Crippen LogP contribution in [-0.2, 0) is 0 Å². The van der Waals surface area contributed by atoms with Crippen molar-refractivity contribution < 1.29 is 4.74 Å². The molecular formula is C26H26ClN5O. The molecule has 1 aromatic heterocycles. The molecule has 1 N–H and O–H groups in total. The molecule has 3 aromatic carbocycles. The first-order valence-electron chi connectivity index (χ1n) is 11.3. The van der Waals surface area contributed by atoms with E-state index in [1.807, 2.05) is 61.5 Å². The number of aromatic nitrogens is 3. The van der Waals surface area contributed by atoms with Crippen molar-refractivity contribution >= 4 is 34.3 Å². The highest BCUT2D eigenvalue weighted by molar-refractivity contribution is 6.33. The average Bonchev–Trinajstić information content (AvgIpc) is 3.34. The highest BCUT2D eigenvalue weighted by Gasteiger charge is 2.12. The van der Waals surface area contributed by atoms with Gasteiger partial charge in [-0.2, -0.15) is 0 Å². The molecule has 0 amide bonds. The lowest BCUT2D eigenvalue weighted by atomic mass is 10.0. The van der Waals surface area contributed by atoms with Crippen molar-refractivity contribution in [3.63, 3.8) is 0 Å². The van der Waals surface area contributed by atoms with Crippen molar-refractivity contribution in [3.05, 3.63) is 71.2 Å². The summed E-state index contributed by atoms with van der Waals surface area (Å²) in [5.74, 6) is 1.28. The molecule has 0 aliphatic carbocycles. The fourth-order valence-corrected chi connectivity index (χ4v) is 4.45. The number of aryl methyl sites for hydroxylation is 1. The fourth-order valence-electron chi connectivity index (χ4n) is 4.21. The Morgan fingerprint density at radius 1 is 1.00 bits per heavy atom. The molecule has 0 spiro atoms. The Morgan fingerprint density at radius 3 is 2.70 bits per heavy atom. The molecule has 0 radical (unpaired) electrons. The summed E-state index contributed by atoms with van der Waals surface area (Å²) in [6.45, 7) is 6.03. The van der Waals surface area contributed by atoms with Crippen LogP contribution in [0.3, 0.4) is 0 Å². The number of fused-ring (bicyclic) bond motifs is 1.